The smallest absolute Gasteiger partial charge is 0.420 e. The number of likely N-dealkylation sites (N-methyl/N-ethyl adjacent to an activating group) is 1. The standard InChI is InChI=1S/C23H27F6N2O3PS/c1-14(35(32)33)13-34-20-11-21-19(10-18(20)23(27,28)29)31(16-6-4-15(24)5-7-16)12-17(30(3)36-21)8-9-22(2,25)26/h4-7,10-11,14,17,32-33H,8-9,12-13H2,1-3H3/t14?,17-/m1/s1. The van der Waals surface area contributed by atoms with Crippen molar-refractivity contribution in [2.45, 2.75) is 55.4 Å². The van der Waals surface area contributed by atoms with Crippen LogP contribution in [0.2, 0.25) is 0 Å². The van der Waals surface area contributed by atoms with E-state index in [1.807, 2.05) is 0 Å². The van der Waals surface area contributed by atoms with E-state index in [2.05, 4.69) is 0 Å². The molecule has 1 aliphatic heterocycles. The van der Waals surface area contributed by atoms with Gasteiger partial charge in [0.05, 0.1) is 28.4 Å². The van der Waals surface area contributed by atoms with E-state index in [1.54, 1.807) is 16.3 Å². The number of halogens is 6. The van der Waals surface area contributed by atoms with Crippen LogP contribution in [-0.4, -0.2) is 51.9 Å². The molecule has 0 aromatic heterocycles. The van der Waals surface area contributed by atoms with Crippen LogP contribution in [0.15, 0.2) is 41.3 Å². The molecule has 2 aromatic rings. The van der Waals surface area contributed by atoms with Crippen LogP contribution < -0.4 is 9.64 Å². The summed E-state index contributed by atoms with van der Waals surface area (Å²) in [5.41, 5.74) is -1.28. The first kappa shape index (κ1) is 28.8. The number of ether oxygens (including phenoxy) is 1. The van der Waals surface area contributed by atoms with Gasteiger partial charge in [-0.05, 0) is 68.7 Å². The summed E-state index contributed by atoms with van der Waals surface area (Å²) in [5.74, 6) is -3.92. The van der Waals surface area contributed by atoms with Crippen molar-refractivity contribution in [2.75, 3.05) is 25.1 Å². The fourth-order valence-electron chi connectivity index (χ4n) is 3.66. The van der Waals surface area contributed by atoms with Crippen LogP contribution in [-0.2, 0) is 6.18 Å². The van der Waals surface area contributed by atoms with Gasteiger partial charge in [0.1, 0.15) is 11.6 Å². The summed E-state index contributed by atoms with van der Waals surface area (Å²) >= 11 is 1.10. The van der Waals surface area contributed by atoms with Gasteiger partial charge in [-0.3, -0.25) is 0 Å². The summed E-state index contributed by atoms with van der Waals surface area (Å²) in [7, 11) is -0.724. The number of rotatable bonds is 8. The van der Waals surface area contributed by atoms with Gasteiger partial charge in [-0.25, -0.2) is 17.5 Å². The van der Waals surface area contributed by atoms with Crippen molar-refractivity contribution in [2.24, 2.45) is 0 Å². The molecular weight excluding hydrogens is 529 g/mol. The predicted molar refractivity (Wildman–Crippen MR) is 128 cm³/mol. The summed E-state index contributed by atoms with van der Waals surface area (Å²) < 4.78 is 90.1. The number of hydrogen-bond donors (Lipinski definition) is 2. The Kier molecular flexibility index (Phi) is 9.09. The molecule has 200 valence electrons. The van der Waals surface area contributed by atoms with Gasteiger partial charge in [-0.15, -0.1) is 0 Å². The Morgan fingerprint density at radius 1 is 1.14 bits per heavy atom. The van der Waals surface area contributed by atoms with E-state index >= 15 is 0 Å². The Morgan fingerprint density at radius 2 is 1.78 bits per heavy atom. The molecular formula is C23H27F6N2O3PS. The second-order valence-corrected chi connectivity index (χ2v) is 11.5. The summed E-state index contributed by atoms with van der Waals surface area (Å²) in [6.07, 6.45) is -5.14. The summed E-state index contributed by atoms with van der Waals surface area (Å²) in [5, 5.41) is 0. The van der Waals surface area contributed by atoms with Crippen molar-refractivity contribution in [3.05, 3.63) is 47.8 Å². The first-order chi connectivity index (χ1) is 16.7. The highest BCUT2D eigenvalue weighted by atomic mass is 32.2. The molecule has 0 radical (unpaired) electrons. The van der Waals surface area contributed by atoms with Crippen molar-refractivity contribution in [3.8, 4) is 5.75 Å². The van der Waals surface area contributed by atoms with Gasteiger partial charge < -0.3 is 19.4 Å². The average molecular weight is 557 g/mol. The Morgan fingerprint density at radius 3 is 2.33 bits per heavy atom. The molecule has 5 nitrogen and oxygen atoms in total. The number of anilines is 2. The molecule has 0 saturated carbocycles. The molecule has 3 rings (SSSR count). The lowest BCUT2D eigenvalue weighted by Gasteiger charge is -2.30. The van der Waals surface area contributed by atoms with Gasteiger partial charge in [-0.1, -0.05) is 6.92 Å². The molecule has 0 spiro atoms. The van der Waals surface area contributed by atoms with Crippen molar-refractivity contribution in [1.29, 1.82) is 0 Å². The molecule has 0 fully saturated rings. The van der Waals surface area contributed by atoms with Gasteiger partial charge >= 0.3 is 6.18 Å². The molecule has 0 aliphatic carbocycles. The highest BCUT2D eigenvalue weighted by Crippen LogP contribution is 2.48. The number of alkyl halides is 5. The summed E-state index contributed by atoms with van der Waals surface area (Å²) in [4.78, 5) is 20.6. The van der Waals surface area contributed by atoms with Gasteiger partial charge in [-0.2, -0.15) is 13.2 Å². The molecule has 0 bridgehead atoms. The van der Waals surface area contributed by atoms with E-state index in [4.69, 9.17) is 4.74 Å². The second kappa shape index (κ2) is 11.3. The van der Waals surface area contributed by atoms with Crippen LogP contribution in [0.25, 0.3) is 0 Å². The normalized spacial score (nSPS) is 18.2. The maximum Gasteiger partial charge on any atom is 0.420 e. The number of hydrogen-bond acceptors (Lipinski definition) is 6. The topological polar surface area (TPSA) is 56.2 Å². The number of benzene rings is 2. The molecule has 1 unspecified atom stereocenters. The van der Waals surface area contributed by atoms with Crippen molar-refractivity contribution < 1.29 is 40.9 Å². The minimum atomic E-state index is -4.79. The third-order valence-electron chi connectivity index (χ3n) is 5.74. The fourth-order valence-corrected chi connectivity index (χ4v) is 4.93. The van der Waals surface area contributed by atoms with Crippen LogP contribution in [0.4, 0.5) is 37.7 Å². The lowest BCUT2D eigenvalue weighted by atomic mass is 10.1. The highest BCUT2D eigenvalue weighted by molar-refractivity contribution is 7.97. The largest absolute Gasteiger partial charge is 0.492 e. The van der Waals surface area contributed by atoms with Gasteiger partial charge in [0, 0.05) is 24.7 Å². The van der Waals surface area contributed by atoms with Gasteiger partial charge in [0.2, 0.25) is 5.92 Å². The monoisotopic (exact) mass is 556 g/mol. The molecule has 1 aliphatic rings. The minimum Gasteiger partial charge on any atom is -0.492 e. The minimum absolute atomic E-state index is 0.0717. The van der Waals surface area contributed by atoms with Crippen LogP contribution >= 0.6 is 20.3 Å². The van der Waals surface area contributed by atoms with Crippen LogP contribution in [0.1, 0.15) is 32.3 Å². The Bertz CT molecular complexity index is 1040. The number of fused-ring (bicyclic) bond motifs is 1. The van der Waals surface area contributed by atoms with Gasteiger partial charge in [0.15, 0.2) is 8.38 Å². The van der Waals surface area contributed by atoms with Crippen LogP contribution in [0, 0.1) is 5.82 Å². The zero-order valence-corrected chi connectivity index (χ0v) is 21.5. The maximum absolute atomic E-state index is 14.0. The zero-order chi connectivity index (χ0) is 26.8. The quantitative estimate of drug-likeness (QED) is 0.212. The molecule has 2 N–H and O–H groups in total. The summed E-state index contributed by atoms with van der Waals surface area (Å²) in [6, 6.07) is 6.88. The molecule has 2 atom stereocenters. The summed E-state index contributed by atoms with van der Waals surface area (Å²) in [6.45, 7) is 1.99. The first-order valence-electron chi connectivity index (χ1n) is 11.0. The predicted octanol–water partition coefficient (Wildman–Crippen LogP) is 6.80. The first-order valence-corrected chi connectivity index (χ1v) is 13.1. The maximum atomic E-state index is 14.0. The molecule has 1 heterocycles. The molecule has 13 heteroatoms. The Balaban J connectivity index is 2.09. The zero-order valence-electron chi connectivity index (χ0n) is 19.8. The molecule has 0 amide bonds. The second-order valence-electron chi connectivity index (χ2n) is 8.78. The van der Waals surface area contributed by atoms with Crippen LogP contribution in [0.5, 0.6) is 5.75 Å². The fraction of sp³-hybridized carbons (Fsp3) is 0.478. The molecule has 36 heavy (non-hydrogen) atoms. The van der Waals surface area contributed by atoms with E-state index in [9.17, 15) is 36.1 Å². The van der Waals surface area contributed by atoms with Crippen molar-refractivity contribution in [3.63, 3.8) is 0 Å². The third kappa shape index (κ3) is 7.41. The average Bonchev–Trinajstić information content (AvgIpc) is 2.90. The van der Waals surface area contributed by atoms with E-state index in [-0.39, 0.29) is 25.3 Å². The van der Waals surface area contributed by atoms with E-state index in [0.29, 0.717) is 10.6 Å². The van der Waals surface area contributed by atoms with Gasteiger partial charge in [0.25, 0.3) is 0 Å². The Labute approximate surface area is 211 Å². The Hall–Kier alpha value is -1.72. The van der Waals surface area contributed by atoms with E-state index in [0.717, 1.165) is 24.9 Å². The van der Waals surface area contributed by atoms with Crippen molar-refractivity contribution >= 4 is 31.7 Å². The van der Waals surface area contributed by atoms with E-state index in [1.165, 1.54) is 37.3 Å². The van der Waals surface area contributed by atoms with Crippen LogP contribution in [0.3, 0.4) is 0 Å². The van der Waals surface area contributed by atoms with Crippen molar-refractivity contribution in [1.82, 2.24) is 4.31 Å². The van der Waals surface area contributed by atoms with E-state index < -0.39 is 55.7 Å². The molecule has 2 aromatic carbocycles. The molecule has 0 saturated heterocycles. The lowest BCUT2D eigenvalue weighted by Crippen LogP contribution is -2.36. The highest BCUT2D eigenvalue weighted by Gasteiger charge is 2.38. The SMILES string of the molecule is CC(COc1cc2c(cc1C(F)(F)F)N(c1ccc(F)cc1)C[C@@H](CCC(C)(F)F)N(C)S2)P(O)O. The third-order valence-corrected chi connectivity index (χ3v) is 7.78. The lowest BCUT2D eigenvalue weighted by molar-refractivity contribution is -0.138. The number of nitrogens with zero attached hydrogens (tertiary/aromatic N) is 2.